The van der Waals surface area contributed by atoms with Gasteiger partial charge in [0.2, 0.25) is 0 Å². The molecule has 0 saturated heterocycles. The smallest absolute Gasteiger partial charge is 0.143 e. The molecular formula is C14H15N3O. The van der Waals surface area contributed by atoms with Crippen LogP contribution in [0.15, 0.2) is 18.2 Å². The number of nitriles is 2. The van der Waals surface area contributed by atoms with Gasteiger partial charge in [0.15, 0.2) is 0 Å². The molecule has 1 aliphatic rings. The molecule has 4 nitrogen and oxygen atoms in total. The van der Waals surface area contributed by atoms with Crippen molar-refractivity contribution in [3.63, 3.8) is 0 Å². The summed E-state index contributed by atoms with van der Waals surface area (Å²) in [6, 6.07) is 9.64. The average Bonchev–Trinajstić information content (AvgIpc) is 3.17. The highest BCUT2D eigenvalue weighted by molar-refractivity contribution is 5.59. The minimum Gasteiger partial charge on any atom is -0.495 e. The Morgan fingerprint density at radius 1 is 1.39 bits per heavy atom. The van der Waals surface area contributed by atoms with Gasteiger partial charge in [-0.25, -0.2) is 0 Å². The van der Waals surface area contributed by atoms with Crippen LogP contribution in [0.2, 0.25) is 0 Å². The summed E-state index contributed by atoms with van der Waals surface area (Å²) in [5, 5.41) is 20.9. The maximum absolute atomic E-state index is 8.83. The lowest BCUT2D eigenvalue weighted by Gasteiger charge is -2.15. The summed E-state index contributed by atoms with van der Waals surface area (Å²) in [6.45, 7) is 0.781. The molecule has 4 heteroatoms. The number of ether oxygens (including phenoxy) is 1. The highest BCUT2D eigenvalue weighted by atomic mass is 16.5. The number of benzene rings is 1. The van der Waals surface area contributed by atoms with Crippen LogP contribution in [0, 0.1) is 28.1 Å². The van der Waals surface area contributed by atoms with Gasteiger partial charge in [0.25, 0.3) is 0 Å². The third-order valence-corrected chi connectivity index (χ3v) is 3.40. The van der Waals surface area contributed by atoms with Crippen molar-refractivity contribution in [2.75, 3.05) is 19.0 Å². The first kappa shape index (κ1) is 12.3. The normalized spacial score (nSPS) is 15.3. The van der Waals surface area contributed by atoms with Crippen LogP contribution in [0.5, 0.6) is 5.75 Å². The molecule has 1 aromatic carbocycles. The van der Waals surface area contributed by atoms with Gasteiger partial charge in [-0.2, -0.15) is 10.5 Å². The van der Waals surface area contributed by atoms with Crippen LogP contribution in [0.3, 0.4) is 0 Å². The van der Waals surface area contributed by atoms with E-state index in [1.165, 1.54) is 0 Å². The Labute approximate surface area is 107 Å². The third-order valence-electron chi connectivity index (χ3n) is 3.40. The fourth-order valence-electron chi connectivity index (χ4n) is 1.95. The van der Waals surface area contributed by atoms with Gasteiger partial charge in [-0.1, -0.05) is 0 Å². The summed E-state index contributed by atoms with van der Waals surface area (Å²) in [4.78, 5) is 0. The molecule has 0 aromatic heterocycles. The fraction of sp³-hybridized carbons (Fsp3) is 0.429. The number of hydrogen-bond acceptors (Lipinski definition) is 4. The molecule has 0 amide bonds. The Morgan fingerprint density at radius 2 is 2.17 bits per heavy atom. The molecule has 18 heavy (non-hydrogen) atoms. The van der Waals surface area contributed by atoms with E-state index in [4.69, 9.17) is 15.3 Å². The standard InChI is InChI=1S/C14H15N3O/c1-18-13-8-11(9-16)2-3-12(13)17-10-14(4-5-14)6-7-15/h2-3,8,17H,4-6,10H2,1H3. The first-order chi connectivity index (χ1) is 8.73. The molecular weight excluding hydrogens is 226 g/mol. The van der Waals surface area contributed by atoms with Gasteiger partial charge in [0.1, 0.15) is 5.75 Å². The molecule has 1 saturated carbocycles. The van der Waals surface area contributed by atoms with E-state index in [-0.39, 0.29) is 5.41 Å². The average molecular weight is 241 g/mol. The van der Waals surface area contributed by atoms with E-state index in [2.05, 4.69) is 17.5 Å². The van der Waals surface area contributed by atoms with Crippen LogP contribution in [0.1, 0.15) is 24.8 Å². The molecule has 0 unspecified atom stereocenters. The number of rotatable bonds is 5. The van der Waals surface area contributed by atoms with Gasteiger partial charge in [-0.05, 0) is 25.0 Å². The Balaban J connectivity index is 2.06. The van der Waals surface area contributed by atoms with Gasteiger partial charge in [0, 0.05) is 24.4 Å². The zero-order valence-corrected chi connectivity index (χ0v) is 10.4. The maximum Gasteiger partial charge on any atom is 0.143 e. The van der Waals surface area contributed by atoms with Gasteiger partial charge < -0.3 is 10.1 Å². The molecule has 0 spiro atoms. The summed E-state index contributed by atoms with van der Waals surface area (Å²) in [7, 11) is 1.59. The second kappa shape index (κ2) is 4.98. The van der Waals surface area contributed by atoms with E-state index in [1.807, 2.05) is 6.07 Å². The summed E-state index contributed by atoms with van der Waals surface area (Å²) in [5.74, 6) is 0.668. The first-order valence-electron chi connectivity index (χ1n) is 5.92. The minimum atomic E-state index is 0.146. The van der Waals surface area contributed by atoms with Gasteiger partial charge in [-0.15, -0.1) is 0 Å². The zero-order valence-electron chi connectivity index (χ0n) is 10.4. The predicted molar refractivity (Wildman–Crippen MR) is 68.1 cm³/mol. The number of anilines is 1. The van der Waals surface area contributed by atoms with Crippen LogP contribution in [-0.2, 0) is 0 Å². The van der Waals surface area contributed by atoms with Crippen molar-refractivity contribution >= 4 is 5.69 Å². The lowest BCUT2D eigenvalue weighted by molar-refractivity contribution is 0.415. The van der Waals surface area contributed by atoms with Crippen molar-refractivity contribution in [1.82, 2.24) is 0 Å². The van der Waals surface area contributed by atoms with Gasteiger partial charge >= 0.3 is 0 Å². The number of hydrogen-bond donors (Lipinski definition) is 1. The third kappa shape index (κ3) is 2.55. The molecule has 0 bridgehead atoms. The Morgan fingerprint density at radius 3 is 2.72 bits per heavy atom. The van der Waals surface area contributed by atoms with Crippen LogP contribution in [0.4, 0.5) is 5.69 Å². The molecule has 1 N–H and O–H groups in total. The summed E-state index contributed by atoms with van der Waals surface area (Å²) in [5.41, 5.74) is 1.60. The molecule has 1 aliphatic carbocycles. The lowest BCUT2D eigenvalue weighted by Crippen LogP contribution is -2.15. The van der Waals surface area contributed by atoms with E-state index in [0.29, 0.717) is 17.7 Å². The van der Waals surface area contributed by atoms with Crippen molar-refractivity contribution in [3.05, 3.63) is 23.8 Å². The van der Waals surface area contributed by atoms with Gasteiger partial charge in [0.05, 0.1) is 30.5 Å². The SMILES string of the molecule is COc1cc(C#N)ccc1NCC1(CC#N)CC1. The summed E-state index contributed by atoms with van der Waals surface area (Å²) >= 11 is 0. The second-order valence-corrected chi connectivity index (χ2v) is 4.72. The lowest BCUT2D eigenvalue weighted by atomic mass is 10.0. The van der Waals surface area contributed by atoms with E-state index in [1.54, 1.807) is 19.2 Å². The highest BCUT2D eigenvalue weighted by Gasteiger charge is 2.42. The zero-order chi connectivity index (χ0) is 13.0. The number of nitrogens with zero attached hydrogens (tertiary/aromatic N) is 2. The Bertz CT molecular complexity index is 521. The molecule has 0 radical (unpaired) electrons. The molecule has 1 fully saturated rings. The van der Waals surface area contributed by atoms with E-state index >= 15 is 0 Å². The molecule has 2 rings (SSSR count). The monoisotopic (exact) mass is 241 g/mol. The predicted octanol–water partition coefficient (Wildman–Crippen LogP) is 2.67. The van der Waals surface area contributed by atoms with Crippen molar-refractivity contribution in [1.29, 1.82) is 10.5 Å². The van der Waals surface area contributed by atoms with Crippen molar-refractivity contribution in [3.8, 4) is 17.9 Å². The quantitative estimate of drug-likeness (QED) is 0.860. The van der Waals surface area contributed by atoms with Crippen LogP contribution in [-0.4, -0.2) is 13.7 Å². The Kier molecular flexibility index (Phi) is 3.39. The number of nitrogens with one attached hydrogen (secondary N) is 1. The van der Waals surface area contributed by atoms with Crippen molar-refractivity contribution in [2.24, 2.45) is 5.41 Å². The van der Waals surface area contributed by atoms with Crippen LogP contribution >= 0.6 is 0 Å². The molecule has 0 heterocycles. The summed E-state index contributed by atoms with van der Waals surface area (Å²) in [6.07, 6.45) is 2.80. The fourth-order valence-corrected chi connectivity index (χ4v) is 1.95. The summed E-state index contributed by atoms with van der Waals surface area (Å²) < 4.78 is 5.25. The molecule has 92 valence electrons. The number of methoxy groups -OCH3 is 1. The second-order valence-electron chi connectivity index (χ2n) is 4.72. The van der Waals surface area contributed by atoms with E-state index in [0.717, 1.165) is 25.1 Å². The largest absolute Gasteiger partial charge is 0.495 e. The van der Waals surface area contributed by atoms with Crippen LogP contribution < -0.4 is 10.1 Å². The van der Waals surface area contributed by atoms with Crippen LogP contribution in [0.25, 0.3) is 0 Å². The first-order valence-corrected chi connectivity index (χ1v) is 5.92. The highest BCUT2D eigenvalue weighted by Crippen LogP contribution is 2.48. The molecule has 0 atom stereocenters. The molecule has 0 aliphatic heterocycles. The minimum absolute atomic E-state index is 0.146. The van der Waals surface area contributed by atoms with E-state index in [9.17, 15) is 0 Å². The van der Waals surface area contributed by atoms with Crippen molar-refractivity contribution < 1.29 is 4.74 Å². The molecule has 1 aromatic rings. The van der Waals surface area contributed by atoms with Crippen molar-refractivity contribution in [2.45, 2.75) is 19.3 Å². The Hall–Kier alpha value is -2.20. The van der Waals surface area contributed by atoms with Gasteiger partial charge in [-0.3, -0.25) is 0 Å². The van der Waals surface area contributed by atoms with E-state index < -0.39 is 0 Å². The maximum atomic E-state index is 8.83. The topological polar surface area (TPSA) is 68.8 Å².